The molecule has 112 valence electrons. The van der Waals surface area contributed by atoms with Crippen molar-refractivity contribution in [2.75, 3.05) is 31.1 Å². The average Bonchev–Trinajstić information content (AvgIpc) is 2.78. The number of hydrogen-bond acceptors (Lipinski definition) is 4. The summed E-state index contributed by atoms with van der Waals surface area (Å²) in [5, 5.41) is 9.94. The summed E-state index contributed by atoms with van der Waals surface area (Å²) in [5.41, 5.74) is 2.22. The van der Waals surface area contributed by atoms with Crippen LogP contribution in [0.5, 0.6) is 5.75 Å². The largest absolute Gasteiger partial charge is 0.506 e. The zero-order valence-electron chi connectivity index (χ0n) is 12.7. The van der Waals surface area contributed by atoms with Crippen LogP contribution in [0.2, 0.25) is 0 Å². The molecule has 1 N–H and O–H groups in total. The summed E-state index contributed by atoms with van der Waals surface area (Å²) in [6, 6.07) is 9.69. The second-order valence-corrected chi connectivity index (χ2v) is 5.69. The Morgan fingerprint density at radius 2 is 1.81 bits per heavy atom. The number of benzene rings is 1. The predicted octanol–water partition coefficient (Wildman–Crippen LogP) is 2.92. The van der Waals surface area contributed by atoms with Gasteiger partial charge in [0, 0.05) is 38.3 Å². The van der Waals surface area contributed by atoms with E-state index in [0.717, 1.165) is 49.9 Å². The molecule has 0 aliphatic carbocycles. The van der Waals surface area contributed by atoms with Crippen LogP contribution < -0.4 is 4.90 Å². The normalized spacial score (nSPS) is 16.4. The molecule has 1 fully saturated rings. The van der Waals surface area contributed by atoms with Crippen LogP contribution in [0.25, 0.3) is 0 Å². The van der Waals surface area contributed by atoms with Crippen molar-refractivity contribution in [1.29, 1.82) is 0 Å². The molecule has 3 rings (SSSR count). The summed E-state index contributed by atoms with van der Waals surface area (Å²) in [6.07, 6.45) is 0. The molecule has 1 saturated heterocycles. The SMILES string of the molecule is Cc1cc(CN2CCN(c3ccccc3O)CC2)c(C)o1. The highest BCUT2D eigenvalue weighted by atomic mass is 16.3. The Bertz CT molecular complexity index is 613. The number of phenols is 1. The van der Waals surface area contributed by atoms with Gasteiger partial charge in [0.2, 0.25) is 0 Å². The first-order chi connectivity index (χ1) is 10.1. The van der Waals surface area contributed by atoms with Gasteiger partial charge < -0.3 is 14.4 Å². The predicted molar refractivity (Wildman–Crippen MR) is 83.8 cm³/mol. The molecule has 2 aromatic rings. The first-order valence-electron chi connectivity index (χ1n) is 7.44. The van der Waals surface area contributed by atoms with Crippen LogP contribution in [0.1, 0.15) is 17.1 Å². The number of aromatic hydroxyl groups is 1. The Morgan fingerprint density at radius 3 is 2.43 bits per heavy atom. The lowest BCUT2D eigenvalue weighted by Gasteiger charge is -2.36. The van der Waals surface area contributed by atoms with E-state index < -0.39 is 0 Å². The van der Waals surface area contributed by atoms with Gasteiger partial charge in [-0.2, -0.15) is 0 Å². The maximum absolute atomic E-state index is 9.94. The van der Waals surface area contributed by atoms with E-state index in [9.17, 15) is 5.11 Å². The van der Waals surface area contributed by atoms with Crippen molar-refractivity contribution in [3.63, 3.8) is 0 Å². The minimum Gasteiger partial charge on any atom is -0.506 e. The Kier molecular flexibility index (Phi) is 3.88. The van der Waals surface area contributed by atoms with E-state index in [2.05, 4.69) is 15.9 Å². The molecule has 0 bridgehead atoms. The number of rotatable bonds is 3. The van der Waals surface area contributed by atoms with Crippen molar-refractivity contribution in [1.82, 2.24) is 4.90 Å². The van der Waals surface area contributed by atoms with Crippen molar-refractivity contribution in [2.45, 2.75) is 20.4 Å². The number of aryl methyl sites for hydroxylation is 2. The zero-order chi connectivity index (χ0) is 14.8. The van der Waals surface area contributed by atoms with Gasteiger partial charge in [-0.05, 0) is 32.0 Å². The monoisotopic (exact) mass is 286 g/mol. The molecule has 1 aromatic carbocycles. The zero-order valence-corrected chi connectivity index (χ0v) is 12.7. The molecule has 1 aliphatic rings. The van der Waals surface area contributed by atoms with Crippen LogP contribution in [0, 0.1) is 13.8 Å². The maximum Gasteiger partial charge on any atom is 0.138 e. The van der Waals surface area contributed by atoms with Crippen molar-refractivity contribution in [3.05, 3.63) is 47.4 Å². The summed E-state index contributed by atoms with van der Waals surface area (Å²) in [7, 11) is 0. The van der Waals surface area contributed by atoms with Gasteiger partial charge in [-0.25, -0.2) is 0 Å². The van der Waals surface area contributed by atoms with E-state index in [1.165, 1.54) is 5.56 Å². The first-order valence-corrected chi connectivity index (χ1v) is 7.44. The molecular formula is C17H22N2O2. The molecule has 1 aliphatic heterocycles. The van der Waals surface area contributed by atoms with Crippen LogP contribution in [-0.2, 0) is 6.54 Å². The van der Waals surface area contributed by atoms with Gasteiger partial charge in [0.1, 0.15) is 17.3 Å². The lowest BCUT2D eigenvalue weighted by molar-refractivity contribution is 0.248. The molecule has 21 heavy (non-hydrogen) atoms. The second-order valence-electron chi connectivity index (χ2n) is 5.69. The number of hydrogen-bond donors (Lipinski definition) is 1. The quantitative estimate of drug-likeness (QED) is 0.942. The van der Waals surface area contributed by atoms with Crippen LogP contribution in [0.15, 0.2) is 34.7 Å². The molecule has 4 heteroatoms. The molecule has 0 amide bonds. The molecular weight excluding hydrogens is 264 g/mol. The Balaban J connectivity index is 1.60. The highest BCUT2D eigenvalue weighted by molar-refractivity contribution is 5.57. The summed E-state index contributed by atoms with van der Waals surface area (Å²) in [4.78, 5) is 4.69. The summed E-state index contributed by atoms with van der Waals surface area (Å²) < 4.78 is 5.59. The molecule has 0 saturated carbocycles. The molecule has 0 spiro atoms. The van der Waals surface area contributed by atoms with Gasteiger partial charge in [0.15, 0.2) is 0 Å². The summed E-state index contributed by atoms with van der Waals surface area (Å²) in [5.74, 6) is 2.37. The second kappa shape index (κ2) is 5.82. The van der Waals surface area contributed by atoms with Crippen LogP contribution in [0.3, 0.4) is 0 Å². The maximum atomic E-state index is 9.94. The van der Waals surface area contributed by atoms with E-state index in [4.69, 9.17) is 4.42 Å². The summed E-state index contributed by atoms with van der Waals surface area (Å²) >= 11 is 0. The minimum atomic E-state index is 0.368. The number of furan rings is 1. The van der Waals surface area contributed by atoms with Crippen molar-refractivity contribution < 1.29 is 9.52 Å². The number of phenolic OH excluding ortho intramolecular Hbond substituents is 1. The standard InChI is InChI=1S/C17H22N2O2/c1-13-11-15(14(2)21-13)12-18-7-9-19(10-8-18)16-5-3-4-6-17(16)20/h3-6,11,20H,7-10,12H2,1-2H3. The van der Waals surface area contributed by atoms with E-state index in [1.54, 1.807) is 6.07 Å². The van der Waals surface area contributed by atoms with Gasteiger partial charge in [0.05, 0.1) is 5.69 Å². The van der Waals surface area contributed by atoms with Gasteiger partial charge >= 0.3 is 0 Å². The fourth-order valence-electron chi connectivity index (χ4n) is 2.96. The van der Waals surface area contributed by atoms with E-state index >= 15 is 0 Å². The fraction of sp³-hybridized carbons (Fsp3) is 0.412. The van der Waals surface area contributed by atoms with Crippen LogP contribution in [0.4, 0.5) is 5.69 Å². The van der Waals surface area contributed by atoms with Gasteiger partial charge in [-0.15, -0.1) is 0 Å². The number of para-hydroxylation sites is 2. The van der Waals surface area contributed by atoms with E-state index in [1.807, 2.05) is 32.0 Å². The van der Waals surface area contributed by atoms with E-state index in [-0.39, 0.29) is 0 Å². The fourth-order valence-corrected chi connectivity index (χ4v) is 2.96. The molecule has 0 atom stereocenters. The van der Waals surface area contributed by atoms with Gasteiger partial charge in [-0.3, -0.25) is 4.90 Å². The van der Waals surface area contributed by atoms with E-state index in [0.29, 0.717) is 5.75 Å². The third kappa shape index (κ3) is 3.05. The highest BCUT2D eigenvalue weighted by Crippen LogP contribution is 2.27. The number of piperazine rings is 1. The van der Waals surface area contributed by atoms with Gasteiger partial charge in [0.25, 0.3) is 0 Å². The Hall–Kier alpha value is -1.94. The molecule has 0 radical (unpaired) electrons. The minimum absolute atomic E-state index is 0.368. The number of nitrogens with zero attached hydrogens (tertiary/aromatic N) is 2. The smallest absolute Gasteiger partial charge is 0.138 e. The first kappa shape index (κ1) is 14.0. The molecule has 1 aromatic heterocycles. The Labute approximate surface area is 125 Å². The van der Waals surface area contributed by atoms with Gasteiger partial charge in [-0.1, -0.05) is 12.1 Å². The third-order valence-electron chi connectivity index (χ3n) is 4.13. The third-order valence-corrected chi connectivity index (χ3v) is 4.13. The summed E-state index contributed by atoms with van der Waals surface area (Å²) in [6.45, 7) is 8.84. The van der Waals surface area contributed by atoms with Crippen LogP contribution >= 0.6 is 0 Å². The topological polar surface area (TPSA) is 39.9 Å². The van der Waals surface area contributed by atoms with Crippen molar-refractivity contribution in [3.8, 4) is 5.75 Å². The lowest BCUT2D eigenvalue weighted by Crippen LogP contribution is -2.46. The molecule has 0 unspecified atom stereocenters. The average molecular weight is 286 g/mol. The van der Waals surface area contributed by atoms with Crippen molar-refractivity contribution >= 4 is 5.69 Å². The number of anilines is 1. The lowest BCUT2D eigenvalue weighted by atomic mass is 10.2. The van der Waals surface area contributed by atoms with Crippen molar-refractivity contribution in [2.24, 2.45) is 0 Å². The van der Waals surface area contributed by atoms with Crippen LogP contribution in [-0.4, -0.2) is 36.2 Å². The Morgan fingerprint density at radius 1 is 1.10 bits per heavy atom. The molecule has 4 nitrogen and oxygen atoms in total. The highest BCUT2D eigenvalue weighted by Gasteiger charge is 2.20. The molecule has 2 heterocycles.